The van der Waals surface area contributed by atoms with E-state index in [9.17, 15) is 4.79 Å². The van der Waals surface area contributed by atoms with Crippen LogP contribution >= 0.6 is 11.3 Å². The van der Waals surface area contributed by atoms with Gasteiger partial charge in [0.05, 0.1) is 6.04 Å². The Labute approximate surface area is 150 Å². The minimum atomic E-state index is 0.0393. The summed E-state index contributed by atoms with van der Waals surface area (Å²) in [6.07, 6.45) is 4.75. The van der Waals surface area contributed by atoms with Gasteiger partial charge in [0.2, 0.25) is 5.91 Å². The fourth-order valence-corrected chi connectivity index (χ4v) is 4.66. The number of carbonyl (C=O) groups excluding carboxylic acids is 1. The maximum atomic E-state index is 12.7. The Balaban J connectivity index is 1.46. The van der Waals surface area contributed by atoms with Crippen LogP contribution in [0.5, 0.6) is 0 Å². The molecule has 1 amide bonds. The highest BCUT2D eigenvalue weighted by molar-refractivity contribution is 7.07. The molecule has 0 spiro atoms. The zero-order valence-corrected chi connectivity index (χ0v) is 15.9. The third-order valence-corrected chi connectivity index (χ3v) is 6.39. The van der Waals surface area contributed by atoms with Crippen molar-refractivity contribution >= 4 is 17.2 Å². The number of nitrogens with zero attached hydrogens (tertiary/aromatic N) is 3. The summed E-state index contributed by atoms with van der Waals surface area (Å²) in [5.41, 5.74) is 1.45. The van der Waals surface area contributed by atoms with Crippen LogP contribution in [0.4, 0.5) is 0 Å². The molecule has 134 valence electrons. The van der Waals surface area contributed by atoms with Gasteiger partial charge in [0.15, 0.2) is 0 Å². The minimum absolute atomic E-state index is 0.0393. The van der Waals surface area contributed by atoms with Gasteiger partial charge < -0.3 is 4.90 Å². The molecule has 0 radical (unpaired) electrons. The molecule has 5 heteroatoms. The van der Waals surface area contributed by atoms with E-state index in [2.05, 4.69) is 45.4 Å². The largest absolute Gasteiger partial charge is 0.341 e. The molecule has 2 saturated heterocycles. The first-order valence-electron chi connectivity index (χ1n) is 9.43. The first-order valence-corrected chi connectivity index (χ1v) is 10.4. The second-order valence-corrected chi connectivity index (χ2v) is 8.10. The van der Waals surface area contributed by atoms with Gasteiger partial charge in [0, 0.05) is 45.3 Å². The van der Waals surface area contributed by atoms with Crippen molar-refractivity contribution in [2.45, 2.75) is 51.6 Å². The Morgan fingerprint density at radius 1 is 1.04 bits per heavy atom. The number of rotatable bonds is 5. The first-order chi connectivity index (χ1) is 11.6. The molecule has 1 aromatic heterocycles. The fraction of sp³-hybridized carbons (Fsp3) is 0.737. The number of carbonyl (C=O) groups is 1. The van der Waals surface area contributed by atoms with Crippen molar-refractivity contribution in [1.82, 2.24) is 14.7 Å². The van der Waals surface area contributed by atoms with E-state index in [1.165, 1.54) is 24.8 Å². The third kappa shape index (κ3) is 4.38. The van der Waals surface area contributed by atoms with Gasteiger partial charge in [-0.05, 0) is 61.9 Å². The maximum Gasteiger partial charge on any atom is 0.239 e. The van der Waals surface area contributed by atoms with Gasteiger partial charge in [-0.25, -0.2) is 0 Å². The van der Waals surface area contributed by atoms with Crippen LogP contribution in [0.25, 0.3) is 0 Å². The molecular formula is C19H31N3OS. The molecule has 2 atom stereocenters. The zero-order chi connectivity index (χ0) is 16.9. The number of hydrogen-bond acceptors (Lipinski definition) is 4. The van der Waals surface area contributed by atoms with E-state index in [-0.39, 0.29) is 6.04 Å². The van der Waals surface area contributed by atoms with E-state index >= 15 is 0 Å². The Morgan fingerprint density at radius 2 is 1.71 bits per heavy atom. The van der Waals surface area contributed by atoms with Crippen LogP contribution in [0.2, 0.25) is 0 Å². The molecule has 0 aromatic carbocycles. The molecule has 4 nitrogen and oxygen atoms in total. The topological polar surface area (TPSA) is 26.8 Å². The molecule has 0 unspecified atom stereocenters. The highest BCUT2D eigenvalue weighted by Gasteiger charge is 2.30. The van der Waals surface area contributed by atoms with Gasteiger partial charge in [-0.15, -0.1) is 0 Å². The summed E-state index contributed by atoms with van der Waals surface area (Å²) in [5.74, 6) is 0.342. The lowest BCUT2D eigenvalue weighted by atomic mass is 10.1. The molecule has 0 aliphatic carbocycles. The molecule has 3 heterocycles. The van der Waals surface area contributed by atoms with Gasteiger partial charge >= 0.3 is 0 Å². The molecule has 3 rings (SSSR count). The molecular weight excluding hydrogens is 318 g/mol. The summed E-state index contributed by atoms with van der Waals surface area (Å²) in [6.45, 7) is 10.5. The predicted octanol–water partition coefficient (Wildman–Crippen LogP) is 2.70. The number of amides is 1. The first kappa shape index (κ1) is 17.9. The number of thiophene rings is 1. The van der Waals surface area contributed by atoms with Crippen molar-refractivity contribution in [3.63, 3.8) is 0 Å². The fourth-order valence-electron chi connectivity index (χ4n) is 3.98. The molecule has 2 fully saturated rings. The van der Waals surface area contributed by atoms with Crippen LogP contribution in [0.3, 0.4) is 0 Å². The zero-order valence-electron chi connectivity index (χ0n) is 15.1. The summed E-state index contributed by atoms with van der Waals surface area (Å²) < 4.78 is 0. The Hall–Kier alpha value is -0.910. The average molecular weight is 350 g/mol. The van der Waals surface area contributed by atoms with E-state index < -0.39 is 0 Å². The standard InChI is InChI=1S/C19H31N3OS/c1-16(14-18-6-13-24-15-18)20-9-11-21(12-10-20)17(2)19(23)22-7-4-3-5-8-22/h6,13,15-17H,3-5,7-12,14H2,1-2H3/t16-,17-/m1/s1. The highest BCUT2D eigenvalue weighted by atomic mass is 32.1. The van der Waals surface area contributed by atoms with Crippen molar-refractivity contribution < 1.29 is 4.79 Å². The lowest BCUT2D eigenvalue weighted by Crippen LogP contribution is -2.56. The van der Waals surface area contributed by atoms with Crippen molar-refractivity contribution in [3.8, 4) is 0 Å². The second kappa shape index (κ2) is 8.45. The number of hydrogen-bond donors (Lipinski definition) is 0. The number of likely N-dealkylation sites (tertiary alicyclic amines) is 1. The number of piperazine rings is 1. The predicted molar refractivity (Wildman–Crippen MR) is 101 cm³/mol. The highest BCUT2D eigenvalue weighted by Crippen LogP contribution is 2.17. The van der Waals surface area contributed by atoms with Gasteiger partial charge in [-0.3, -0.25) is 14.6 Å². The summed E-state index contributed by atoms with van der Waals surface area (Å²) >= 11 is 1.78. The Morgan fingerprint density at radius 3 is 2.33 bits per heavy atom. The SMILES string of the molecule is C[C@H](Cc1ccsc1)N1CCN([C@H](C)C(=O)N2CCCCC2)CC1. The van der Waals surface area contributed by atoms with Crippen molar-refractivity contribution in [2.24, 2.45) is 0 Å². The van der Waals surface area contributed by atoms with Crippen molar-refractivity contribution in [1.29, 1.82) is 0 Å². The molecule has 0 bridgehead atoms. The number of piperidine rings is 1. The van der Waals surface area contributed by atoms with Crippen LogP contribution in [0, 0.1) is 0 Å². The second-order valence-electron chi connectivity index (χ2n) is 7.32. The van der Waals surface area contributed by atoms with Crippen LogP contribution < -0.4 is 0 Å². The monoisotopic (exact) mass is 349 g/mol. The molecule has 0 saturated carbocycles. The van der Waals surface area contributed by atoms with E-state index in [4.69, 9.17) is 0 Å². The third-order valence-electron chi connectivity index (χ3n) is 5.66. The normalized spacial score (nSPS) is 23.2. The van der Waals surface area contributed by atoms with E-state index in [1.807, 2.05) is 0 Å². The molecule has 1 aromatic rings. The summed E-state index contributed by atoms with van der Waals surface area (Å²) in [4.78, 5) is 19.7. The van der Waals surface area contributed by atoms with Crippen LogP contribution in [0.15, 0.2) is 16.8 Å². The Kier molecular flexibility index (Phi) is 6.31. The van der Waals surface area contributed by atoms with Crippen molar-refractivity contribution in [3.05, 3.63) is 22.4 Å². The average Bonchev–Trinajstić information content (AvgIpc) is 3.14. The van der Waals surface area contributed by atoms with Gasteiger partial charge in [-0.1, -0.05) is 0 Å². The molecule has 2 aliphatic heterocycles. The molecule has 0 N–H and O–H groups in total. The van der Waals surface area contributed by atoms with E-state index in [1.54, 1.807) is 11.3 Å². The lowest BCUT2D eigenvalue weighted by molar-refractivity contribution is -0.138. The van der Waals surface area contributed by atoms with Crippen LogP contribution in [-0.2, 0) is 11.2 Å². The summed E-state index contributed by atoms with van der Waals surface area (Å²) in [7, 11) is 0. The van der Waals surface area contributed by atoms with E-state index in [0.717, 1.165) is 45.7 Å². The summed E-state index contributed by atoms with van der Waals surface area (Å²) in [5, 5.41) is 4.42. The van der Waals surface area contributed by atoms with Crippen molar-refractivity contribution in [2.75, 3.05) is 39.3 Å². The Bertz CT molecular complexity index is 505. The van der Waals surface area contributed by atoms with Gasteiger partial charge in [0.1, 0.15) is 0 Å². The summed E-state index contributed by atoms with van der Waals surface area (Å²) in [6, 6.07) is 2.85. The lowest BCUT2D eigenvalue weighted by Gasteiger charge is -2.41. The maximum absolute atomic E-state index is 12.7. The minimum Gasteiger partial charge on any atom is -0.341 e. The van der Waals surface area contributed by atoms with Gasteiger partial charge in [-0.2, -0.15) is 11.3 Å². The molecule has 24 heavy (non-hydrogen) atoms. The van der Waals surface area contributed by atoms with Crippen LogP contribution in [0.1, 0.15) is 38.7 Å². The van der Waals surface area contributed by atoms with Gasteiger partial charge in [0.25, 0.3) is 0 Å². The van der Waals surface area contributed by atoms with E-state index in [0.29, 0.717) is 11.9 Å². The smallest absolute Gasteiger partial charge is 0.239 e. The quantitative estimate of drug-likeness (QED) is 0.818. The molecule has 2 aliphatic rings. The van der Waals surface area contributed by atoms with Crippen LogP contribution in [-0.4, -0.2) is 72.0 Å².